The highest BCUT2D eigenvalue weighted by molar-refractivity contribution is 5.58. The molecule has 0 radical (unpaired) electrons. The largest absolute Gasteiger partial charge is 0.388 e. The highest BCUT2D eigenvalue weighted by Gasteiger charge is 1.88. The van der Waals surface area contributed by atoms with E-state index in [9.17, 15) is 0 Å². The predicted octanol–water partition coefficient (Wildman–Crippen LogP) is 4.04. The number of nitrogens with one attached hydrogen (secondary N) is 1. The molecule has 0 aliphatic carbocycles. The molecule has 0 aliphatic heterocycles. The van der Waals surface area contributed by atoms with Crippen molar-refractivity contribution < 1.29 is 0 Å². The van der Waals surface area contributed by atoms with Crippen LogP contribution in [0, 0.1) is 0 Å². The summed E-state index contributed by atoms with van der Waals surface area (Å²) in [6, 6.07) is 8.23. The highest BCUT2D eigenvalue weighted by atomic mass is 14.8. The molecule has 0 saturated carbocycles. The van der Waals surface area contributed by atoms with Crippen molar-refractivity contribution in [3.63, 3.8) is 0 Å². The molecule has 0 spiro atoms. The van der Waals surface area contributed by atoms with Gasteiger partial charge in [-0.15, -0.1) is 0 Å². The third kappa shape index (κ3) is 3.62. The van der Waals surface area contributed by atoms with Gasteiger partial charge in [0.05, 0.1) is 0 Å². The van der Waals surface area contributed by atoms with Gasteiger partial charge in [-0.2, -0.15) is 0 Å². The van der Waals surface area contributed by atoms with E-state index in [0.717, 1.165) is 16.8 Å². The second-order valence-corrected chi connectivity index (χ2v) is 3.31. The lowest BCUT2D eigenvalue weighted by molar-refractivity contribution is 1.50. The molecule has 82 valence electrons. The van der Waals surface area contributed by atoms with E-state index >= 15 is 0 Å². The molecule has 0 heterocycles. The molecule has 0 saturated heterocycles. The average molecular weight is 211 g/mol. The van der Waals surface area contributed by atoms with Gasteiger partial charge in [-0.1, -0.05) is 55.7 Å². The van der Waals surface area contributed by atoms with Gasteiger partial charge in [0.15, 0.2) is 0 Å². The third-order valence-corrected chi connectivity index (χ3v) is 2.21. The zero-order valence-electron chi connectivity index (χ0n) is 9.61. The molecular weight excluding hydrogens is 194 g/mol. The lowest BCUT2D eigenvalue weighted by atomic mass is 10.1. The number of anilines is 1. The van der Waals surface area contributed by atoms with Crippen LogP contribution in [-0.4, -0.2) is 7.05 Å². The summed E-state index contributed by atoms with van der Waals surface area (Å²) >= 11 is 0. The van der Waals surface area contributed by atoms with Gasteiger partial charge in [0.25, 0.3) is 0 Å². The number of hydrogen-bond acceptors (Lipinski definition) is 1. The fraction of sp³-hybridized carbons (Fsp3) is 0.0667. The van der Waals surface area contributed by atoms with Gasteiger partial charge >= 0.3 is 0 Å². The van der Waals surface area contributed by atoms with Crippen molar-refractivity contribution in [2.24, 2.45) is 0 Å². The van der Waals surface area contributed by atoms with E-state index in [2.05, 4.69) is 36.7 Å². The number of allylic oxidation sites excluding steroid dienone is 5. The first-order chi connectivity index (χ1) is 7.80. The van der Waals surface area contributed by atoms with Crippen LogP contribution < -0.4 is 5.32 Å². The zero-order valence-corrected chi connectivity index (χ0v) is 9.61. The van der Waals surface area contributed by atoms with Crippen molar-refractivity contribution >= 4 is 11.8 Å². The smallest absolute Gasteiger partial charge is 0.0337 e. The highest BCUT2D eigenvalue weighted by Crippen LogP contribution is 2.11. The summed E-state index contributed by atoms with van der Waals surface area (Å²) in [5.41, 5.74) is 3.33. The first kappa shape index (κ1) is 12.1. The first-order valence-corrected chi connectivity index (χ1v) is 5.21. The van der Waals surface area contributed by atoms with Gasteiger partial charge in [-0.3, -0.25) is 0 Å². The monoisotopic (exact) mass is 211 g/mol. The molecule has 1 rings (SSSR count). The van der Waals surface area contributed by atoms with Crippen molar-refractivity contribution in [2.75, 3.05) is 12.4 Å². The lowest BCUT2D eigenvalue weighted by Gasteiger charge is -1.99. The Morgan fingerprint density at radius 2 is 1.88 bits per heavy atom. The fourth-order valence-corrected chi connectivity index (χ4v) is 1.28. The first-order valence-electron chi connectivity index (χ1n) is 5.21. The van der Waals surface area contributed by atoms with Crippen LogP contribution in [0.2, 0.25) is 0 Å². The molecule has 16 heavy (non-hydrogen) atoms. The maximum Gasteiger partial charge on any atom is 0.0337 e. The van der Waals surface area contributed by atoms with Crippen molar-refractivity contribution in [2.45, 2.75) is 0 Å². The Kier molecular flexibility index (Phi) is 4.87. The normalized spacial score (nSPS) is 11.4. The second-order valence-electron chi connectivity index (χ2n) is 3.31. The molecule has 0 aromatic heterocycles. The summed E-state index contributed by atoms with van der Waals surface area (Å²) < 4.78 is 0. The Labute approximate surface area is 97.5 Å². The number of rotatable bonds is 5. The summed E-state index contributed by atoms with van der Waals surface area (Å²) in [6.45, 7) is 7.40. The topological polar surface area (TPSA) is 12.0 Å². The van der Waals surface area contributed by atoms with Crippen LogP contribution in [-0.2, 0) is 0 Å². The summed E-state index contributed by atoms with van der Waals surface area (Å²) in [7, 11) is 1.91. The molecule has 1 aromatic carbocycles. The van der Waals surface area contributed by atoms with E-state index in [1.165, 1.54) is 0 Å². The molecule has 0 atom stereocenters. The van der Waals surface area contributed by atoms with E-state index in [1.807, 2.05) is 31.3 Å². The van der Waals surface area contributed by atoms with Crippen LogP contribution in [0.15, 0.2) is 67.3 Å². The van der Waals surface area contributed by atoms with Gasteiger partial charge in [-0.05, 0) is 23.3 Å². The zero-order chi connectivity index (χ0) is 11.8. The van der Waals surface area contributed by atoms with Crippen LogP contribution >= 0.6 is 0 Å². The van der Waals surface area contributed by atoms with Crippen molar-refractivity contribution in [1.29, 1.82) is 0 Å². The van der Waals surface area contributed by atoms with E-state index < -0.39 is 0 Å². The summed E-state index contributed by atoms with van der Waals surface area (Å²) in [6.07, 6.45) is 9.55. The Hall–Kier alpha value is -2.02. The second kappa shape index (κ2) is 6.46. The fourth-order valence-electron chi connectivity index (χ4n) is 1.28. The molecule has 0 amide bonds. The van der Waals surface area contributed by atoms with Gasteiger partial charge in [0, 0.05) is 12.7 Å². The van der Waals surface area contributed by atoms with Crippen molar-refractivity contribution in [1.82, 2.24) is 0 Å². The number of hydrogen-bond donors (Lipinski definition) is 1. The molecule has 0 unspecified atom stereocenters. The molecule has 1 heteroatoms. The van der Waals surface area contributed by atoms with E-state index in [-0.39, 0.29) is 0 Å². The van der Waals surface area contributed by atoms with Gasteiger partial charge in [0.1, 0.15) is 0 Å². The van der Waals surface area contributed by atoms with Crippen LogP contribution in [0.1, 0.15) is 5.56 Å². The minimum Gasteiger partial charge on any atom is -0.388 e. The van der Waals surface area contributed by atoms with E-state index in [0.29, 0.717) is 0 Å². The van der Waals surface area contributed by atoms with Gasteiger partial charge in [-0.25, -0.2) is 0 Å². The molecule has 0 fully saturated rings. The molecular formula is C15H17N. The number of benzene rings is 1. The Morgan fingerprint density at radius 1 is 1.19 bits per heavy atom. The van der Waals surface area contributed by atoms with Crippen LogP contribution in [0.25, 0.3) is 6.08 Å². The maximum atomic E-state index is 3.74. The molecule has 1 nitrogen and oxygen atoms in total. The van der Waals surface area contributed by atoms with Gasteiger partial charge < -0.3 is 5.32 Å². The van der Waals surface area contributed by atoms with Crippen molar-refractivity contribution in [3.05, 3.63) is 72.9 Å². The van der Waals surface area contributed by atoms with Crippen molar-refractivity contribution in [3.8, 4) is 0 Å². The predicted molar refractivity (Wildman–Crippen MR) is 73.5 cm³/mol. The Bertz CT molecular complexity index is 408. The van der Waals surface area contributed by atoms with E-state index in [1.54, 1.807) is 12.2 Å². The third-order valence-electron chi connectivity index (χ3n) is 2.21. The molecule has 0 aliphatic rings. The lowest BCUT2D eigenvalue weighted by Crippen LogP contribution is -1.86. The molecule has 1 aromatic rings. The average Bonchev–Trinajstić information content (AvgIpc) is 2.35. The molecule has 0 bridgehead atoms. The summed E-state index contributed by atoms with van der Waals surface area (Å²) in [5, 5.41) is 3.09. The van der Waals surface area contributed by atoms with E-state index in [4.69, 9.17) is 0 Å². The Balaban J connectivity index is 2.79. The standard InChI is InChI=1S/C15H17N/c1-4-6-13(5-2)7-8-14-9-11-15(16-3)12-10-14/h4-12,16H,1-2H2,3H3/b8-7+,13-6+. The Morgan fingerprint density at radius 3 is 2.38 bits per heavy atom. The van der Waals surface area contributed by atoms with Crippen LogP contribution in [0.4, 0.5) is 5.69 Å². The SMILES string of the molecule is C=C/C=C(C=C)/C=C/c1ccc(NC)cc1. The van der Waals surface area contributed by atoms with Crippen LogP contribution in [0.3, 0.4) is 0 Å². The summed E-state index contributed by atoms with van der Waals surface area (Å²) in [5.74, 6) is 0. The van der Waals surface area contributed by atoms with Crippen LogP contribution in [0.5, 0.6) is 0 Å². The quantitative estimate of drug-likeness (QED) is 0.725. The maximum absolute atomic E-state index is 3.74. The summed E-state index contributed by atoms with van der Waals surface area (Å²) in [4.78, 5) is 0. The minimum atomic E-state index is 1.05. The minimum absolute atomic E-state index is 1.05. The molecule has 1 N–H and O–H groups in total. The van der Waals surface area contributed by atoms with Gasteiger partial charge in [0.2, 0.25) is 0 Å².